The van der Waals surface area contributed by atoms with Crippen molar-refractivity contribution in [2.45, 2.75) is 50.5 Å². The Morgan fingerprint density at radius 3 is 1.79 bits per heavy atom. The van der Waals surface area contributed by atoms with Crippen molar-refractivity contribution in [1.29, 1.82) is 0 Å². The summed E-state index contributed by atoms with van der Waals surface area (Å²) in [6, 6.07) is 29.3. The van der Waals surface area contributed by atoms with Gasteiger partial charge in [0.05, 0.1) is 26.4 Å². The van der Waals surface area contributed by atoms with Crippen LogP contribution in [-0.2, 0) is 43.5 Å². The van der Waals surface area contributed by atoms with Gasteiger partial charge in [0.2, 0.25) is 0 Å². The first-order chi connectivity index (χ1) is 18.8. The summed E-state index contributed by atoms with van der Waals surface area (Å²) in [6.07, 6.45) is 1.94. The van der Waals surface area contributed by atoms with Crippen molar-refractivity contribution < 1.29 is 23.7 Å². The second kappa shape index (κ2) is 14.9. The van der Waals surface area contributed by atoms with Gasteiger partial charge in [-0.25, -0.2) is 0 Å². The van der Waals surface area contributed by atoms with Crippen LogP contribution in [0, 0.1) is 12.3 Å². The van der Waals surface area contributed by atoms with Crippen molar-refractivity contribution >= 4 is 0 Å². The van der Waals surface area contributed by atoms with Gasteiger partial charge in [-0.2, -0.15) is 0 Å². The van der Waals surface area contributed by atoms with Gasteiger partial charge in [-0.05, 0) is 22.2 Å². The van der Waals surface area contributed by atoms with Crippen LogP contribution in [0.15, 0.2) is 96.1 Å². The highest BCUT2D eigenvalue weighted by atomic mass is 16.6. The van der Waals surface area contributed by atoms with E-state index >= 15 is 0 Å². The Labute approximate surface area is 223 Å². The third kappa shape index (κ3) is 7.91. The summed E-state index contributed by atoms with van der Waals surface area (Å²) in [5.74, 6) is 2.52. The molecule has 0 amide bonds. The molecule has 8 heteroatoms. The Morgan fingerprint density at radius 2 is 1.26 bits per heavy atom. The number of rotatable bonds is 13. The lowest BCUT2D eigenvalue weighted by Crippen LogP contribution is -2.60. The highest BCUT2D eigenvalue weighted by molar-refractivity contribution is 5.15. The van der Waals surface area contributed by atoms with Crippen LogP contribution in [0.3, 0.4) is 0 Å². The summed E-state index contributed by atoms with van der Waals surface area (Å²) < 4.78 is 31.0. The normalized spacial score (nSPS) is 22.8. The van der Waals surface area contributed by atoms with Crippen LogP contribution in [0.4, 0.5) is 0 Å². The smallest absolute Gasteiger partial charge is 0.165 e. The molecule has 0 aliphatic carbocycles. The number of hydrogen-bond acceptors (Lipinski definition) is 6. The second-order valence-corrected chi connectivity index (χ2v) is 8.77. The third-order valence-electron chi connectivity index (χ3n) is 6.10. The zero-order chi connectivity index (χ0) is 26.4. The third-order valence-corrected chi connectivity index (χ3v) is 6.10. The zero-order valence-electron chi connectivity index (χ0n) is 21.0. The second-order valence-electron chi connectivity index (χ2n) is 8.77. The van der Waals surface area contributed by atoms with Gasteiger partial charge in [0, 0.05) is 4.91 Å². The SMILES string of the molecule is C#CCOC1C(COCc2ccccc2)OC(N=[N+]=[N-])C(OCc2ccccc2)C1OCc1ccccc1. The van der Waals surface area contributed by atoms with Crippen molar-refractivity contribution in [2.75, 3.05) is 13.2 Å². The molecule has 3 aromatic rings. The first-order valence-electron chi connectivity index (χ1n) is 12.5. The van der Waals surface area contributed by atoms with E-state index < -0.39 is 30.6 Å². The summed E-state index contributed by atoms with van der Waals surface area (Å²) in [5.41, 5.74) is 12.3. The number of terminal acetylenes is 1. The first-order valence-corrected chi connectivity index (χ1v) is 12.5. The molecule has 0 radical (unpaired) electrons. The molecule has 196 valence electrons. The molecule has 1 fully saturated rings. The van der Waals surface area contributed by atoms with Crippen LogP contribution in [0.1, 0.15) is 16.7 Å². The molecule has 0 aromatic heterocycles. The molecule has 4 rings (SSSR count). The minimum atomic E-state index is -0.958. The molecule has 0 saturated carbocycles. The summed E-state index contributed by atoms with van der Waals surface area (Å²) in [6.45, 7) is 1.18. The minimum Gasteiger partial charge on any atom is -0.374 e. The van der Waals surface area contributed by atoms with Crippen molar-refractivity contribution in [3.8, 4) is 12.3 Å². The number of benzene rings is 3. The lowest BCUT2D eigenvalue weighted by molar-refractivity contribution is -0.266. The van der Waals surface area contributed by atoms with Crippen molar-refractivity contribution in [2.24, 2.45) is 5.11 Å². The number of azide groups is 1. The molecule has 1 heterocycles. The van der Waals surface area contributed by atoms with E-state index in [1.807, 2.05) is 91.0 Å². The van der Waals surface area contributed by atoms with Crippen LogP contribution in [0.5, 0.6) is 0 Å². The summed E-state index contributed by atoms with van der Waals surface area (Å²) >= 11 is 0. The van der Waals surface area contributed by atoms with E-state index in [9.17, 15) is 5.53 Å². The molecule has 3 aromatic carbocycles. The van der Waals surface area contributed by atoms with Crippen LogP contribution < -0.4 is 0 Å². The molecule has 5 atom stereocenters. The molecule has 0 N–H and O–H groups in total. The minimum absolute atomic E-state index is 0.0476. The Bertz CT molecular complexity index is 1180. The van der Waals surface area contributed by atoms with Gasteiger partial charge in [-0.1, -0.05) is 102 Å². The Kier molecular flexibility index (Phi) is 10.7. The topological polar surface area (TPSA) is 94.9 Å². The van der Waals surface area contributed by atoms with E-state index in [1.165, 1.54) is 0 Å². The molecule has 8 nitrogen and oxygen atoms in total. The van der Waals surface area contributed by atoms with E-state index in [4.69, 9.17) is 30.1 Å². The summed E-state index contributed by atoms with van der Waals surface area (Å²) in [5, 5.41) is 3.92. The van der Waals surface area contributed by atoms with E-state index in [1.54, 1.807) is 0 Å². The van der Waals surface area contributed by atoms with Gasteiger partial charge in [0.25, 0.3) is 0 Å². The van der Waals surface area contributed by atoms with Crippen molar-refractivity contribution in [3.05, 3.63) is 118 Å². The van der Waals surface area contributed by atoms with Gasteiger partial charge < -0.3 is 23.7 Å². The monoisotopic (exact) mass is 513 g/mol. The Hall–Kier alpha value is -3.67. The molecule has 0 spiro atoms. The van der Waals surface area contributed by atoms with Crippen LogP contribution in [-0.4, -0.2) is 43.9 Å². The number of hydrogen-bond donors (Lipinski definition) is 0. The molecule has 5 unspecified atom stereocenters. The maximum atomic E-state index is 9.33. The Morgan fingerprint density at radius 1 is 0.737 bits per heavy atom. The van der Waals surface area contributed by atoms with Crippen LogP contribution in [0.2, 0.25) is 0 Å². The maximum absolute atomic E-state index is 9.33. The molecule has 1 aliphatic rings. The standard InChI is InChI=1S/C30H31N3O5/c1-2-18-35-27-26(22-34-19-23-12-6-3-7-13-23)38-30(32-33-31)29(37-21-25-16-10-5-11-17-25)28(27)36-20-24-14-8-4-9-15-24/h1,3-17,26-30H,18-22H2. The average Bonchev–Trinajstić information content (AvgIpc) is 2.96. The van der Waals surface area contributed by atoms with Gasteiger partial charge >= 0.3 is 0 Å². The van der Waals surface area contributed by atoms with Gasteiger partial charge in [-0.3, -0.25) is 0 Å². The molecular formula is C30H31N3O5. The van der Waals surface area contributed by atoms with Gasteiger partial charge in [0.15, 0.2) is 6.23 Å². The van der Waals surface area contributed by atoms with E-state index in [0.717, 1.165) is 16.7 Å². The first kappa shape index (κ1) is 27.4. The molecular weight excluding hydrogens is 482 g/mol. The fraction of sp³-hybridized carbons (Fsp3) is 0.333. The highest BCUT2D eigenvalue weighted by Gasteiger charge is 2.48. The van der Waals surface area contributed by atoms with Crippen LogP contribution >= 0.6 is 0 Å². The lowest BCUT2D eigenvalue weighted by Gasteiger charge is -2.44. The maximum Gasteiger partial charge on any atom is 0.165 e. The van der Waals surface area contributed by atoms with E-state index in [2.05, 4.69) is 15.9 Å². The van der Waals surface area contributed by atoms with Gasteiger partial charge in [0.1, 0.15) is 31.0 Å². The van der Waals surface area contributed by atoms with Gasteiger partial charge in [-0.15, -0.1) is 6.42 Å². The average molecular weight is 514 g/mol. The molecule has 1 saturated heterocycles. The number of nitrogens with zero attached hydrogens (tertiary/aromatic N) is 3. The lowest BCUT2D eigenvalue weighted by atomic mass is 9.97. The number of ether oxygens (including phenoxy) is 5. The fourth-order valence-electron chi connectivity index (χ4n) is 4.29. The van der Waals surface area contributed by atoms with Crippen molar-refractivity contribution in [1.82, 2.24) is 0 Å². The predicted molar refractivity (Wildman–Crippen MR) is 143 cm³/mol. The summed E-state index contributed by atoms with van der Waals surface area (Å²) in [4.78, 5) is 3.02. The highest BCUT2D eigenvalue weighted by Crippen LogP contribution is 2.31. The van der Waals surface area contributed by atoms with E-state index in [0.29, 0.717) is 13.2 Å². The zero-order valence-corrected chi connectivity index (χ0v) is 21.0. The molecule has 38 heavy (non-hydrogen) atoms. The Balaban J connectivity index is 1.57. The molecule has 1 aliphatic heterocycles. The van der Waals surface area contributed by atoms with E-state index in [-0.39, 0.29) is 19.8 Å². The quantitative estimate of drug-likeness (QED) is 0.132. The fourth-order valence-corrected chi connectivity index (χ4v) is 4.29. The summed E-state index contributed by atoms with van der Waals surface area (Å²) in [7, 11) is 0. The predicted octanol–water partition coefficient (Wildman–Crippen LogP) is 5.43. The molecule has 0 bridgehead atoms. The largest absolute Gasteiger partial charge is 0.374 e. The van der Waals surface area contributed by atoms with Crippen LogP contribution in [0.25, 0.3) is 10.4 Å². The van der Waals surface area contributed by atoms with Crippen molar-refractivity contribution in [3.63, 3.8) is 0 Å².